The Morgan fingerprint density at radius 2 is 1.62 bits per heavy atom. The summed E-state index contributed by atoms with van der Waals surface area (Å²) in [4.78, 5) is 12.5. The summed E-state index contributed by atoms with van der Waals surface area (Å²) in [5.41, 5.74) is 3.81. The zero-order valence-corrected chi connectivity index (χ0v) is 19.7. The number of fused-ring (bicyclic) bond motifs is 1. The molecule has 0 aliphatic carbocycles. The van der Waals surface area contributed by atoms with Gasteiger partial charge >= 0.3 is 0 Å². The number of para-hydroxylation sites is 1. The van der Waals surface area contributed by atoms with Crippen LogP contribution in [0.25, 0.3) is 0 Å². The van der Waals surface area contributed by atoms with Gasteiger partial charge in [-0.25, -0.2) is 0 Å². The van der Waals surface area contributed by atoms with Gasteiger partial charge in [0.2, 0.25) is 5.91 Å². The Balaban J connectivity index is 1.94. The quantitative estimate of drug-likeness (QED) is 0.267. The van der Waals surface area contributed by atoms with Crippen molar-refractivity contribution in [3.05, 3.63) is 29.8 Å². The van der Waals surface area contributed by atoms with Crippen LogP contribution in [0.1, 0.15) is 66.4 Å². The number of hydrogen-bond donors (Lipinski definition) is 1. The first kappa shape index (κ1) is 21.6. The Kier molecular flexibility index (Phi) is 7.14. The van der Waals surface area contributed by atoms with Crippen LogP contribution in [0.3, 0.4) is 0 Å². The van der Waals surface area contributed by atoms with E-state index < -0.39 is 12.6 Å². The van der Waals surface area contributed by atoms with Crippen molar-refractivity contribution in [3.8, 4) is 0 Å². The van der Waals surface area contributed by atoms with E-state index in [2.05, 4.69) is 62.8 Å². The lowest BCUT2D eigenvalue weighted by Gasteiger charge is -2.42. The molecule has 26 heavy (non-hydrogen) atoms. The number of unbranched alkanes of at least 4 members (excludes halogenated alkanes) is 1. The minimum atomic E-state index is -1.79. The van der Waals surface area contributed by atoms with Crippen molar-refractivity contribution in [2.45, 2.75) is 81.8 Å². The molecule has 0 bridgehead atoms. The Morgan fingerprint density at radius 3 is 2.19 bits per heavy atom. The summed E-state index contributed by atoms with van der Waals surface area (Å²) in [6.45, 7) is 14.7. The molecule has 0 radical (unpaired) electrons. The van der Waals surface area contributed by atoms with Crippen molar-refractivity contribution < 1.29 is 9.22 Å². The molecule has 1 aliphatic heterocycles. The number of halogens is 1. The Bertz CT molecular complexity index is 610. The van der Waals surface area contributed by atoms with E-state index in [9.17, 15) is 4.79 Å². The number of anilines is 1. The van der Waals surface area contributed by atoms with E-state index in [1.54, 1.807) is 0 Å². The van der Waals surface area contributed by atoms with Gasteiger partial charge in [0, 0.05) is 17.9 Å². The van der Waals surface area contributed by atoms with Crippen LogP contribution >= 0.6 is 15.9 Å². The SMILES string of the molecule is CC(C)[Si](OCCCCC1(Br)C(=O)Nc2ccccc21)(C(C)C)C(C)C. The van der Waals surface area contributed by atoms with Gasteiger partial charge in [-0.1, -0.05) is 75.7 Å². The number of carbonyl (C=O) groups is 1. The molecular weight excluding hydrogens is 406 g/mol. The predicted molar refractivity (Wildman–Crippen MR) is 117 cm³/mol. The highest BCUT2D eigenvalue weighted by Crippen LogP contribution is 2.46. The van der Waals surface area contributed by atoms with Gasteiger partial charge in [-0.05, 0) is 42.0 Å². The average molecular weight is 440 g/mol. The second-order valence-corrected chi connectivity index (χ2v) is 15.2. The first-order chi connectivity index (χ1) is 12.2. The van der Waals surface area contributed by atoms with Crippen LogP contribution in [-0.2, 0) is 13.5 Å². The standard InChI is InChI=1S/C21H34BrNO2Si/c1-15(2)26(16(3)4,17(5)6)25-14-10-9-13-21(22)18-11-7-8-12-19(18)23-20(21)24/h7-8,11-12,15-17H,9-10,13-14H2,1-6H3,(H,23,24). The summed E-state index contributed by atoms with van der Waals surface area (Å²) in [5, 5.41) is 2.99. The van der Waals surface area contributed by atoms with Gasteiger partial charge in [0.05, 0.1) is 0 Å². The number of nitrogens with one attached hydrogen (secondary N) is 1. The largest absolute Gasteiger partial charge is 0.416 e. The van der Waals surface area contributed by atoms with Crippen LogP contribution in [0.5, 0.6) is 0 Å². The normalized spacial score (nSPS) is 20.2. The second-order valence-electron chi connectivity index (χ2n) is 8.42. The van der Waals surface area contributed by atoms with Crippen molar-refractivity contribution in [1.29, 1.82) is 0 Å². The van der Waals surface area contributed by atoms with Gasteiger partial charge in [0.25, 0.3) is 0 Å². The fourth-order valence-electron chi connectivity index (χ4n) is 4.75. The number of benzene rings is 1. The summed E-state index contributed by atoms with van der Waals surface area (Å²) in [6, 6.07) is 7.95. The molecule has 0 fully saturated rings. The molecule has 2 rings (SSSR count). The van der Waals surface area contributed by atoms with Crippen LogP contribution in [0, 0.1) is 0 Å². The van der Waals surface area contributed by atoms with Gasteiger partial charge in [-0.3, -0.25) is 4.79 Å². The molecule has 0 saturated heterocycles. The highest BCUT2D eigenvalue weighted by molar-refractivity contribution is 9.10. The highest BCUT2D eigenvalue weighted by Gasteiger charge is 2.45. The van der Waals surface area contributed by atoms with Gasteiger partial charge in [0.15, 0.2) is 8.32 Å². The van der Waals surface area contributed by atoms with Crippen molar-refractivity contribution >= 4 is 35.8 Å². The molecule has 0 aromatic heterocycles. The predicted octanol–water partition coefficient (Wildman–Crippen LogP) is 6.59. The fraction of sp³-hybridized carbons (Fsp3) is 0.667. The number of alkyl halides is 1. The second kappa shape index (κ2) is 8.57. The molecule has 1 N–H and O–H groups in total. The van der Waals surface area contributed by atoms with Crippen LogP contribution in [-0.4, -0.2) is 20.8 Å². The number of carbonyl (C=O) groups excluding carboxylic acids is 1. The molecule has 1 atom stereocenters. The Morgan fingerprint density at radius 1 is 1.04 bits per heavy atom. The molecule has 1 aromatic rings. The van der Waals surface area contributed by atoms with Crippen molar-refractivity contribution in [2.24, 2.45) is 0 Å². The molecule has 1 unspecified atom stereocenters. The van der Waals surface area contributed by atoms with Crippen LogP contribution in [0.2, 0.25) is 16.6 Å². The third-order valence-corrected chi connectivity index (χ3v) is 13.2. The zero-order chi connectivity index (χ0) is 19.5. The lowest BCUT2D eigenvalue weighted by atomic mass is 9.95. The maximum atomic E-state index is 12.5. The summed E-state index contributed by atoms with van der Waals surface area (Å²) in [5.74, 6) is 0.0508. The van der Waals surface area contributed by atoms with Crippen LogP contribution in [0.15, 0.2) is 24.3 Å². The van der Waals surface area contributed by atoms with E-state index in [0.717, 1.165) is 37.1 Å². The summed E-state index contributed by atoms with van der Waals surface area (Å²) >= 11 is 3.73. The molecule has 0 spiro atoms. The minimum absolute atomic E-state index is 0.0508. The van der Waals surface area contributed by atoms with Crippen LogP contribution < -0.4 is 5.32 Å². The van der Waals surface area contributed by atoms with E-state index in [4.69, 9.17) is 4.43 Å². The van der Waals surface area contributed by atoms with Gasteiger partial charge in [-0.2, -0.15) is 0 Å². The average Bonchev–Trinajstić information content (AvgIpc) is 2.81. The highest BCUT2D eigenvalue weighted by atomic mass is 79.9. The lowest BCUT2D eigenvalue weighted by Crippen LogP contribution is -2.48. The van der Waals surface area contributed by atoms with E-state index in [1.807, 2.05) is 24.3 Å². The van der Waals surface area contributed by atoms with Gasteiger partial charge in [-0.15, -0.1) is 0 Å². The van der Waals surface area contributed by atoms with E-state index >= 15 is 0 Å². The third-order valence-electron chi connectivity index (χ3n) is 5.94. The summed E-state index contributed by atoms with van der Waals surface area (Å²) in [7, 11) is -1.79. The molecule has 1 heterocycles. The number of rotatable bonds is 9. The lowest BCUT2D eigenvalue weighted by molar-refractivity contribution is -0.118. The minimum Gasteiger partial charge on any atom is -0.416 e. The van der Waals surface area contributed by atoms with Gasteiger partial charge in [0.1, 0.15) is 4.32 Å². The molecule has 1 aromatic carbocycles. The number of hydrogen-bond acceptors (Lipinski definition) is 2. The van der Waals surface area contributed by atoms with E-state index in [1.165, 1.54) is 0 Å². The topological polar surface area (TPSA) is 38.3 Å². The van der Waals surface area contributed by atoms with E-state index in [0.29, 0.717) is 16.6 Å². The maximum Gasteiger partial charge on any atom is 0.245 e. The Labute approximate surface area is 168 Å². The third kappa shape index (κ3) is 3.95. The van der Waals surface area contributed by atoms with Crippen molar-refractivity contribution in [1.82, 2.24) is 0 Å². The molecule has 1 aliphatic rings. The molecule has 0 saturated carbocycles. The zero-order valence-electron chi connectivity index (χ0n) is 17.1. The monoisotopic (exact) mass is 439 g/mol. The Hall–Kier alpha value is -0.653. The van der Waals surface area contributed by atoms with Crippen LogP contribution in [0.4, 0.5) is 5.69 Å². The smallest absolute Gasteiger partial charge is 0.245 e. The molecular formula is C21H34BrNO2Si. The first-order valence-electron chi connectivity index (χ1n) is 9.90. The molecule has 1 amide bonds. The van der Waals surface area contributed by atoms with Gasteiger partial charge < -0.3 is 9.74 Å². The summed E-state index contributed by atoms with van der Waals surface area (Å²) in [6.07, 6.45) is 2.74. The number of amides is 1. The van der Waals surface area contributed by atoms with Crippen molar-refractivity contribution in [3.63, 3.8) is 0 Å². The first-order valence-corrected chi connectivity index (χ1v) is 12.8. The molecule has 5 heteroatoms. The van der Waals surface area contributed by atoms with Crippen molar-refractivity contribution in [2.75, 3.05) is 11.9 Å². The van der Waals surface area contributed by atoms with E-state index in [-0.39, 0.29) is 5.91 Å². The molecule has 146 valence electrons. The summed E-state index contributed by atoms with van der Waals surface area (Å²) < 4.78 is 6.04. The maximum absolute atomic E-state index is 12.5. The molecule has 3 nitrogen and oxygen atoms in total. The fourth-order valence-corrected chi connectivity index (χ4v) is 11.0.